The van der Waals surface area contributed by atoms with E-state index in [1.165, 1.54) is 11.8 Å². The second-order valence-corrected chi connectivity index (χ2v) is 14.6. The Morgan fingerprint density at radius 2 is 1.92 bits per heavy atom. The van der Waals surface area contributed by atoms with Crippen molar-refractivity contribution >= 4 is 45.7 Å². The van der Waals surface area contributed by atoms with Crippen LogP contribution in [-0.2, 0) is 20.8 Å². The fraction of sp³-hybridized carbons (Fsp3) is 0.432. The molecule has 3 aromatic rings. The monoisotopic (exact) mass is 728 g/mol. The van der Waals surface area contributed by atoms with Crippen molar-refractivity contribution in [3.05, 3.63) is 78.2 Å². The number of anilines is 1. The van der Waals surface area contributed by atoms with Gasteiger partial charge in [0, 0.05) is 77.0 Å². The van der Waals surface area contributed by atoms with Gasteiger partial charge in [-0.05, 0) is 55.4 Å². The maximum atomic E-state index is 13.7. The van der Waals surface area contributed by atoms with E-state index in [0.717, 1.165) is 67.2 Å². The quantitative estimate of drug-likeness (QED) is 0.172. The second kappa shape index (κ2) is 15.7. The van der Waals surface area contributed by atoms with Crippen molar-refractivity contribution < 1.29 is 19.0 Å². The molecule has 0 bridgehead atoms. The zero-order valence-corrected chi connectivity index (χ0v) is 31.0. The molecular weight excluding hydrogens is 685 g/mol. The normalized spacial score (nSPS) is 20.7. The number of fused-ring (bicyclic) bond motifs is 2. The molecule has 1 N–H and O–H groups in total. The van der Waals surface area contributed by atoms with Gasteiger partial charge >= 0.3 is 0 Å². The van der Waals surface area contributed by atoms with Gasteiger partial charge in [-0.15, -0.1) is 0 Å². The van der Waals surface area contributed by atoms with Crippen LogP contribution in [0, 0.1) is 0 Å². The van der Waals surface area contributed by atoms with Crippen LogP contribution in [0.4, 0.5) is 5.82 Å². The summed E-state index contributed by atoms with van der Waals surface area (Å²) < 4.78 is 21.8. The van der Waals surface area contributed by atoms with Crippen LogP contribution in [-0.4, -0.2) is 111 Å². The van der Waals surface area contributed by atoms with Gasteiger partial charge in [0.05, 0.1) is 36.7 Å². The molecule has 51 heavy (non-hydrogen) atoms. The zero-order valence-electron chi connectivity index (χ0n) is 29.4. The Balaban J connectivity index is 1.25. The first-order valence-electron chi connectivity index (χ1n) is 17.3. The van der Waals surface area contributed by atoms with E-state index in [4.69, 9.17) is 36.4 Å². The molecule has 2 unspecified atom stereocenters. The highest BCUT2D eigenvalue weighted by Crippen LogP contribution is 2.38. The molecular formula is C37H44N8O4S2. The number of piperidine rings is 1. The molecule has 1 amide bonds. The summed E-state index contributed by atoms with van der Waals surface area (Å²) in [7, 11) is 5.43. The smallest absolute Gasteiger partial charge is 0.257 e. The Labute approximate surface area is 307 Å². The molecule has 12 nitrogen and oxygen atoms in total. The van der Waals surface area contributed by atoms with Crippen molar-refractivity contribution in [3.8, 4) is 22.6 Å². The van der Waals surface area contributed by atoms with Crippen molar-refractivity contribution in [2.75, 3.05) is 58.7 Å². The lowest BCUT2D eigenvalue weighted by atomic mass is 9.89. The van der Waals surface area contributed by atoms with Crippen molar-refractivity contribution in [1.29, 1.82) is 0 Å². The molecule has 1 aliphatic carbocycles. The molecule has 2 fully saturated rings. The number of pyridine rings is 1. The number of methoxy groups -OCH3 is 2. The van der Waals surface area contributed by atoms with Gasteiger partial charge in [-0.1, -0.05) is 42.1 Å². The summed E-state index contributed by atoms with van der Waals surface area (Å²) in [6, 6.07) is 16.4. The Kier molecular flexibility index (Phi) is 10.8. The molecule has 5 heterocycles. The van der Waals surface area contributed by atoms with E-state index >= 15 is 0 Å². The molecule has 7 rings (SSSR count). The predicted molar refractivity (Wildman–Crippen MR) is 204 cm³/mol. The first-order chi connectivity index (χ1) is 24.9. The van der Waals surface area contributed by atoms with Gasteiger partial charge in [0.15, 0.2) is 5.65 Å². The molecule has 2 aromatic heterocycles. The second-order valence-electron chi connectivity index (χ2n) is 13.2. The summed E-state index contributed by atoms with van der Waals surface area (Å²) in [5, 5.41) is 7.82. The third-order valence-electron chi connectivity index (χ3n) is 10.1. The number of thiocarbonyl (C=S) groups is 1. The largest absolute Gasteiger partial charge is 0.472 e. The first-order valence-corrected chi connectivity index (χ1v) is 18.9. The van der Waals surface area contributed by atoms with Gasteiger partial charge in [-0.3, -0.25) is 9.69 Å². The van der Waals surface area contributed by atoms with Crippen molar-refractivity contribution in [1.82, 2.24) is 34.4 Å². The zero-order chi connectivity index (χ0) is 35.5. The number of thioether (sulfide) groups is 1. The highest BCUT2D eigenvalue weighted by Gasteiger charge is 2.35. The molecule has 14 heteroatoms. The van der Waals surface area contributed by atoms with Gasteiger partial charge < -0.3 is 29.0 Å². The molecule has 1 saturated heterocycles. The Hall–Kier alpha value is -4.08. The van der Waals surface area contributed by atoms with Crippen LogP contribution in [0.5, 0.6) is 0 Å². The highest BCUT2D eigenvalue weighted by atomic mass is 32.2. The lowest BCUT2D eigenvalue weighted by Gasteiger charge is -2.39. The standard InChI is InChI=1S/C37H44N8O4S2/c1-42(22-24-9-6-5-7-10-24)33-19-29(40-35-27(21-39-45(33)35)36(46)41-28-12-13-31(28)48-3)26-20-38-34-25(26)11-8-15-44(34)30-14-16-43(17-18-47-2)23-32(30)49-37(50)51-4/h5-11,15,19-21,28,30-32H,12-14,16-18,22-23H2,1-4H3,(H,41,46)/t28-,30?,31-,32?/m0/s1. The molecule has 4 atom stereocenters. The van der Waals surface area contributed by atoms with Crippen LogP contribution >= 0.6 is 24.0 Å². The number of carbonyl (C=O) groups excluding carboxylic acids is 1. The van der Waals surface area contributed by atoms with E-state index in [-0.39, 0.29) is 30.2 Å². The molecule has 0 radical (unpaired) electrons. The van der Waals surface area contributed by atoms with E-state index in [0.29, 0.717) is 34.4 Å². The van der Waals surface area contributed by atoms with E-state index in [2.05, 4.69) is 55.2 Å². The number of nitrogens with zero attached hydrogens (tertiary/aromatic N) is 7. The van der Waals surface area contributed by atoms with E-state index in [1.54, 1.807) is 24.9 Å². The van der Waals surface area contributed by atoms with Crippen molar-refractivity contribution in [2.45, 2.75) is 50.1 Å². The van der Waals surface area contributed by atoms with E-state index in [9.17, 15) is 4.79 Å². The maximum absolute atomic E-state index is 13.7. The van der Waals surface area contributed by atoms with E-state index < -0.39 is 0 Å². The average Bonchev–Trinajstić information content (AvgIpc) is 3.78. The van der Waals surface area contributed by atoms with Crippen LogP contribution < -0.4 is 10.2 Å². The van der Waals surface area contributed by atoms with Crippen LogP contribution in [0.3, 0.4) is 0 Å². The number of likely N-dealkylation sites (tertiary alicyclic amines) is 1. The summed E-state index contributed by atoms with van der Waals surface area (Å²) in [6.45, 7) is 3.78. The maximum Gasteiger partial charge on any atom is 0.257 e. The molecule has 3 aliphatic heterocycles. The van der Waals surface area contributed by atoms with E-state index in [1.807, 2.05) is 43.8 Å². The fourth-order valence-electron chi connectivity index (χ4n) is 7.15. The Morgan fingerprint density at radius 1 is 1.08 bits per heavy atom. The van der Waals surface area contributed by atoms with Gasteiger partial charge in [0.25, 0.3) is 5.91 Å². The lowest BCUT2D eigenvalue weighted by molar-refractivity contribution is 0.00732. The third kappa shape index (κ3) is 7.33. The lowest BCUT2D eigenvalue weighted by Crippen LogP contribution is -2.51. The van der Waals surface area contributed by atoms with Crippen LogP contribution in [0.15, 0.2) is 67.1 Å². The minimum Gasteiger partial charge on any atom is -0.472 e. The molecule has 1 aromatic carbocycles. The number of benzene rings is 1. The fourth-order valence-corrected chi connectivity index (χ4v) is 7.49. The SMILES string of the molecule is COCCN1CCC(n2cccc3c(-c4cc(N(C)Cc5ccccc5)n5ncc(C(=O)N[C@H]6CC[C@@H]6OC)c5n4)cnc2-3)C(OC(=S)SC)C1. The number of nitrogens with one attached hydrogen (secondary N) is 1. The summed E-state index contributed by atoms with van der Waals surface area (Å²) in [6.07, 6.45) is 10.0. The van der Waals surface area contributed by atoms with Crippen molar-refractivity contribution in [3.63, 3.8) is 0 Å². The molecule has 4 aliphatic rings. The number of carbonyl (C=O) groups is 1. The summed E-state index contributed by atoms with van der Waals surface area (Å²) in [4.78, 5) is 28.3. The number of rotatable bonds is 12. The van der Waals surface area contributed by atoms with Crippen LogP contribution in [0.1, 0.15) is 41.2 Å². The molecule has 0 spiro atoms. The summed E-state index contributed by atoms with van der Waals surface area (Å²) in [5.74, 6) is 1.43. The van der Waals surface area contributed by atoms with Gasteiger partial charge in [-0.25, -0.2) is 9.97 Å². The third-order valence-corrected chi connectivity index (χ3v) is 11.1. The number of amides is 1. The number of aromatic nitrogens is 5. The Bertz CT molecular complexity index is 1950. The predicted octanol–water partition coefficient (Wildman–Crippen LogP) is 5.17. The minimum absolute atomic E-state index is 0.0132. The number of hydrogen-bond acceptors (Lipinski definition) is 11. The summed E-state index contributed by atoms with van der Waals surface area (Å²) in [5.41, 5.74) is 4.58. The molecule has 1 saturated carbocycles. The van der Waals surface area contributed by atoms with Crippen LogP contribution in [0.2, 0.25) is 0 Å². The summed E-state index contributed by atoms with van der Waals surface area (Å²) >= 11 is 6.97. The van der Waals surface area contributed by atoms with Gasteiger partial charge in [0.1, 0.15) is 23.3 Å². The molecule has 268 valence electrons. The number of hydrogen-bond donors (Lipinski definition) is 1. The van der Waals surface area contributed by atoms with Crippen LogP contribution in [0.25, 0.3) is 28.3 Å². The van der Waals surface area contributed by atoms with Gasteiger partial charge in [-0.2, -0.15) is 9.61 Å². The van der Waals surface area contributed by atoms with Gasteiger partial charge in [0.2, 0.25) is 4.38 Å². The highest BCUT2D eigenvalue weighted by molar-refractivity contribution is 8.22. The first kappa shape index (κ1) is 35.3. The minimum atomic E-state index is -0.215. The number of ether oxygens (including phenoxy) is 3. The Morgan fingerprint density at radius 3 is 2.67 bits per heavy atom. The van der Waals surface area contributed by atoms with Crippen molar-refractivity contribution in [2.24, 2.45) is 0 Å². The average molecular weight is 729 g/mol. The topological polar surface area (TPSA) is 111 Å².